The van der Waals surface area contributed by atoms with Gasteiger partial charge in [0.25, 0.3) is 0 Å². The molecule has 1 aliphatic rings. The number of cyclic esters (lactones) is 1. The Balaban J connectivity index is 2.69. The largest absolute Gasteiger partial charge is 0.461 e. The van der Waals surface area contributed by atoms with E-state index in [0.29, 0.717) is 12.3 Å². The predicted molar refractivity (Wildman–Crippen MR) is 53.2 cm³/mol. The number of ether oxygens (including phenoxy) is 1. The summed E-state index contributed by atoms with van der Waals surface area (Å²) in [5.74, 6) is 0.0837. The zero-order chi connectivity index (χ0) is 10.8. The second kappa shape index (κ2) is 4.30. The molecule has 0 amide bonds. The number of carbonyl (C=O) groups is 2. The van der Waals surface area contributed by atoms with E-state index in [1.807, 2.05) is 13.8 Å². The van der Waals surface area contributed by atoms with Gasteiger partial charge in [0.1, 0.15) is 12.5 Å². The Morgan fingerprint density at radius 3 is 2.71 bits per heavy atom. The summed E-state index contributed by atoms with van der Waals surface area (Å²) in [4.78, 5) is 22.6. The highest BCUT2D eigenvalue weighted by Gasteiger charge is 2.43. The van der Waals surface area contributed by atoms with Crippen LogP contribution in [-0.2, 0) is 14.3 Å². The van der Waals surface area contributed by atoms with Crippen molar-refractivity contribution in [3.05, 3.63) is 0 Å². The molecule has 0 N–H and O–H groups in total. The average Bonchev–Trinajstić information content (AvgIpc) is 2.09. The number of Topliss-reactive ketones (excluding diaryl/α,β-unsaturated/α-hetero) is 1. The van der Waals surface area contributed by atoms with Crippen molar-refractivity contribution < 1.29 is 14.3 Å². The maximum Gasteiger partial charge on any atom is 0.313 e. The Hall–Kier alpha value is -0.570. The zero-order valence-corrected chi connectivity index (χ0v) is 9.26. The number of esters is 1. The number of alkyl halides is 1. The molecule has 0 aromatic heterocycles. The number of halogens is 1. The molecule has 1 atom stereocenters. The van der Waals surface area contributed by atoms with E-state index in [-0.39, 0.29) is 18.3 Å². The minimum atomic E-state index is -0.556. The SMILES string of the molecule is CC1(C)C(=O)CC(=O)OC1CCCCl. The number of hydrogen-bond acceptors (Lipinski definition) is 3. The quantitative estimate of drug-likeness (QED) is 0.413. The van der Waals surface area contributed by atoms with Crippen molar-refractivity contribution in [3.63, 3.8) is 0 Å². The third-order valence-electron chi connectivity index (χ3n) is 2.70. The Morgan fingerprint density at radius 2 is 2.14 bits per heavy atom. The average molecular weight is 219 g/mol. The van der Waals surface area contributed by atoms with Gasteiger partial charge in [-0.25, -0.2) is 0 Å². The summed E-state index contributed by atoms with van der Waals surface area (Å²) in [6, 6.07) is 0. The van der Waals surface area contributed by atoms with Gasteiger partial charge in [-0.05, 0) is 26.7 Å². The minimum absolute atomic E-state index is 0.0340. The maximum atomic E-state index is 11.6. The summed E-state index contributed by atoms with van der Waals surface area (Å²) in [5.41, 5.74) is -0.556. The number of ketones is 1. The van der Waals surface area contributed by atoms with Crippen LogP contribution >= 0.6 is 11.6 Å². The van der Waals surface area contributed by atoms with Crippen LogP contribution in [0.1, 0.15) is 33.1 Å². The van der Waals surface area contributed by atoms with Crippen LogP contribution in [0.25, 0.3) is 0 Å². The molecule has 1 fully saturated rings. The van der Waals surface area contributed by atoms with Crippen LogP contribution in [0.4, 0.5) is 0 Å². The second-order valence-electron chi connectivity index (χ2n) is 4.13. The molecule has 0 saturated carbocycles. The molecule has 80 valence electrons. The lowest BCUT2D eigenvalue weighted by atomic mass is 9.77. The smallest absolute Gasteiger partial charge is 0.313 e. The van der Waals surface area contributed by atoms with Gasteiger partial charge in [0.15, 0.2) is 5.78 Å². The Bertz CT molecular complexity index is 248. The summed E-state index contributed by atoms with van der Waals surface area (Å²) >= 11 is 5.56. The topological polar surface area (TPSA) is 43.4 Å². The molecule has 0 bridgehead atoms. The highest BCUT2D eigenvalue weighted by atomic mass is 35.5. The number of hydrogen-bond donors (Lipinski definition) is 0. The van der Waals surface area contributed by atoms with E-state index in [0.717, 1.165) is 6.42 Å². The van der Waals surface area contributed by atoms with Gasteiger partial charge in [0, 0.05) is 5.88 Å². The molecular weight excluding hydrogens is 204 g/mol. The number of carbonyl (C=O) groups excluding carboxylic acids is 2. The summed E-state index contributed by atoms with van der Waals surface area (Å²) in [6.45, 7) is 3.64. The lowest BCUT2D eigenvalue weighted by molar-refractivity contribution is -0.170. The lowest BCUT2D eigenvalue weighted by Gasteiger charge is -2.36. The molecule has 0 aromatic rings. The van der Waals surface area contributed by atoms with Crippen LogP contribution in [0.5, 0.6) is 0 Å². The van der Waals surface area contributed by atoms with Crippen molar-refractivity contribution in [1.29, 1.82) is 0 Å². The van der Waals surface area contributed by atoms with Crippen LogP contribution in [-0.4, -0.2) is 23.7 Å². The van der Waals surface area contributed by atoms with Crippen molar-refractivity contribution in [1.82, 2.24) is 0 Å². The Labute approximate surface area is 88.8 Å². The van der Waals surface area contributed by atoms with Gasteiger partial charge in [-0.2, -0.15) is 0 Å². The van der Waals surface area contributed by atoms with E-state index < -0.39 is 11.4 Å². The highest BCUT2D eigenvalue weighted by Crippen LogP contribution is 2.33. The molecule has 0 aromatic carbocycles. The molecule has 0 spiro atoms. The first kappa shape index (κ1) is 11.5. The fraction of sp³-hybridized carbons (Fsp3) is 0.800. The fourth-order valence-corrected chi connectivity index (χ4v) is 1.72. The Kier molecular flexibility index (Phi) is 3.53. The standard InChI is InChI=1S/C10H15ClO3/c1-10(2)7(12)6-9(13)14-8(10)4-3-5-11/h8H,3-6H2,1-2H3. The van der Waals surface area contributed by atoms with E-state index in [1.54, 1.807) is 0 Å². The van der Waals surface area contributed by atoms with Crippen LogP contribution in [0.15, 0.2) is 0 Å². The number of rotatable bonds is 3. The van der Waals surface area contributed by atoms with E-state index in [2.05, 4.69) is 0 Å². The third kappa shape index (κ3) is 2.27. The molecular formula is C10H15ClO3. The Morgan fingerprint density at radius 1 is 1.50 bits per heavy atom. The van der Waals surface area contributed by atoms with E-state index in [4.69, 9.17) is 16.3 Å². The van der Waals surface area contributed by atoms with Gasteiger partial charge in [-0.1, -0.05) is 0 Å². The molecule has 1 unspecified atom stereocenters. The molecule has 4 heteroatoms. The van der Waals surface area contributed by atoms with Gasteiger partial charge < -0.3 is 4.74 Å². The van der Waals surface area contributed by atoms with Gasteiger partial charge in [-0.15, -0.1) is 11.6 Å². The fourth-order valence-electron chi connectivity index (χ4n) is 1.57. The van der Waals surface area contributed by atoms with Crippen molar-refractivity contribution in [2.24, 2.45) is 5.41 Å². The van der Waals surface area contributed by atoms with Crippen molar-refractivity contribution in [2.45, 2.75) is 39.2 Å². The molecule has 1 heterocycles. The first-order valence-corrected chi connectivity index (χ1v) is 5.30. The minimum Gasteiger partial charge on any atom is -0.461 e. The summed E-state index contributed by atoms with van der Waals surface area (Å²) in [7, 11) is 0. The van der Waals surface area contributed by atoms with E-state index in [1.165, 1.54) is 0 Å². The van der Waals surface area contributed by atoms with E-state index >= 15 is 0 Å². The first-order valence-electron chi connectivity index (χ1n) is 4.77. The lowest BCUT2D eigenvalue weighted by Crippen LogP contribution is -2.46. The van der Waals surface area contributed by atoms with Gasteiger partial charge in [0.05, 0.1) is 5.41 Å². The van der Waals surface area contributed by atoms with Crippen LogP contribution < -0.4 is 0 Å². The molecule has 0 radical (unpaired) electrons. The third-order valence-corrected chi connectivity index (χ3v) is 2.97. The predicted octanol–water partition coefficient (Wildman–Crippen LogP) is 1.92. The molecule has 0 aliphatic carbocycles. The van der Waals surface area contributed by atoms with Crippen molar-refractivity contribution in [2.75, 3.05) is 5.88 Å². The van der Waals surface area contributed by atoms with E-state index in [9.17, 15) is 9.59 Å². The zero-order valence-electron chi connectivity index (χ0n) is 8.51. The maximum absolute atomic E-state index is 11.6. The molecule has 14 heavy (non-hydrogen) atoms. The summed E-state index contributed by atoms with van der Waals surface area (Å²) in [5, 5.41) is 0. The molecule has 1 aliphatic heterocycles. The summed E-state index contributed by atoms with van der Waals surface area (Å²) < 4.78 is 5.16. The molecule has 3 nitrogen and oxygen atoms in total. The van der Waals surface area contributed by atoms with Gasteiger partial charge in [-0.3, -0.25) is 9.59 Å². The van der Waals surface area contributed by atoms with Crippen molar-refractivity contribution in [3.8, 4) is 0 Å². The van der Waals surface area contributed by atoms with Gasteiger partial charge >= 0.3 is 5.97 Å². The normalized spacial score (nSPS) is 26.1. The van der Waals surface area contributed by atoms with Crippen LogP contribution in [0, 0.1) is 5.41 Å². The van der Waals surface area contributed by atoms with Crippen LogP contribution in [0.2, 0.25) is 0 Å². The van der Waals surface area contributed by atoms with Gasteiger partial charge in [0.2, 0.25) is 0 Å². The highest BCUT2D eigenvalue weighted by molar-refractivity contribution is 6.17. The van der Waals surface area contributed by atoms with Crippen LogP contribution in [0.3, 0.4) is 0 Å². The monoisotopic (exact) mass is 218 g/mol. The molecule has 1 rings (SSSR count). The second-order valence-corrected chi connectivity index (χ2v) is 4.51. The first-order chi connectivity index (χ1) is 6.48. The van der Waals surface area contributed by atoms with Crippen molar-refractivity contribution >= 4 is 23.4 Å². The summed E-state index contributed by atoms with van der Waals surface area (Å²) in [6.07, 6.45) is 1.02. The molecule has 1 saturated heterocycles.